The summed E-state index contributed by atoms with van der Waals surface area (Å²) in [6.07, 6.45) is 0.565. The van der Waals surface area contributed by atoms with Gasteiger partial charge in [0.2, 0.25) is 5.91 Å². The predicted molar refractivity (Wildman–Crippen MR) is 57.3 cm³/mol. The normalized spacial score (nSPS) is 14.8. The molecule has 1 amide bonds. The third-order valence-corrected chi connectivity index (χ3v) is 2.33. The van der Waals surface area contributed by atoms with Crippen molar-refractivity contribution in [2.24, 2.45) is 11.7 Å². The Morgan fingerprint density at radius 1 is 1.33 bits per heavy atom. The quantitative estimate of drug-likeness (QED) is 0.692. The second-order valence-electron chi connectivity index (χ2n) is 4.20. The average Bonchev–Trinajstić information content (AvgIpc) is 2.13. The van der Waals surface area contributed by atoms with Crippen LogP contribution >= 0.6 is 0 Å². The highest BCUT2D eigenvalue weighted by molar-refractivity contribution is 5.86. The predicted octanol–water partition coefficient (Wildman–Crippen LogP) is 0.291. The molecule has 3 N–H and O–H groups in total. The molecule has 15 heavy (non-hydrogen) atoms. The Labute approximate surface area is 90.2 Å². The van der Waals surface area contributed by atoms with E-state index >= 15 is 0 Å². The van der Waals surface area contributed by atoms with E-state index in [9.17, 15) is 9.59 Å². The van der Waals surface area contributed by atoms with Crippen LogP contribution in [0.2, 0.25) is 0 Å². The first-order chi connectivity index (χ1) is 6.77. The molecule has 0 saturated carbocycles. The fourth-order valence-electron chi connectivity index (χ4n) is 1.23. The molecule has 0 bridgehead atoms. The number of carboxylic acids is 1. The van der Waals surface area contributed by atoms with Crippen molar-refractivity contribution in [3.05, 3.63) is 0 Å². The monoisotopic (exact) mass is 216 g/mol. The maximum Gasteiger partial charge on any atom is 0.326 e. The lowest BCUT2D eigenvalue weighted by atomic mass is 10.0. The first-order valence-corrected chi connectivity index (χ1v) is 5.02. The van der Waals surface area contributed by atoms with E-state index in [2.05, 4.69) is 0 Å². The summed E-state index contributed by atoms with van der Waals surface area (Å²) >= 11 is 0. The fourth-order valence-corrected chi connectivity index (χ4v) is 1.23. The number of hydrogen-bond donors (Lipinski definition) is 2. The summed E-state index contributed by atoms with van der Waals surface area (Å²) in [5, 5.41) is 8.73. The lowest BCUT2D eigenvalue weighted by Crippen LogP contribution is -2.48. The summed E-state index contributed by atoms with van der Waals surface area (Å²) in [6.45, 7) is 5.39. The van der Waals surface area contributed by atoms with E-state index in [1.54, 1.807) is 0 Å². The summed E-state index contributed by atoms with van der Waals surface area (Å²) in [4.78, 5) is 23.5. The van der Waals surface area contributed by atoms with Crippen LogP contribution in [0.5, 0.6) is 0 Å². The third-order valence-electron chi connectivity index (χ3n) is 2.33. The standard InChI is InChI=1S/C10H20N2O3/c1-6(2)5-8(11)9(13)12(4)7(3)10(14)15/h6-8H,5,11H2,1-4H3,(H,14,15)/t7?,8-/m1/s1. The molecule has 0 radical (unpaired) electrons. The highest BCUT2D eigenvalue weighted by Crippen LogP contribution is 2.07. The van der Waals surface area contributed by atoms with Crippen LogP contribution in [0.15, 0.2) is 0 Å². The lowest BCUT2D eigenvalue weighted by Gasteiger charge is -2.25. The van der Waals surface area contributed by atoms with Crippen LogP contribution in [0.4, 0.5) is 0 Å². The van der Waals surface area contributed by atoms with Gasteiger partial charge in [-0.05, 0) is 19.3 Å². The van der Waals surface area contributed by atoms with E-state index in [0.717, 1.165) is 0 Å². The zero-order valence-electron chi connectivity index (χ0n) is 9.73. The minimum atomic E-state index is -1.03. The molecule has 0 aromatic carbocycles. The van der Waals surface area contributed by atoms with Crippen molar-refractivity contribution in [2.75, 3.05) is 7.05 Å². The van der Waals surface area contributed by atoms with Crippen LogP contribution in [0.3, 0.4) is 0 Å². The van der Waals surface area contributed by atoms with E-state index in [-0.39, 0.29) is 5.91 Å². The molecule has 5 nitrogen and oxygen atoms in total. The zero-order chi connectivity index (χ0) is 12.2. The van der Waals surface area contributed by atoms with Crippen molar-refractivity contribution in [2.45, 2.75) is 39.3 Å². The molecule has 0 aliphatic carbocycles. The summed E-state index contributed by atoms with van der Waals surface area (Å²) in [7, 11) is 1.46. The summed E-state index contributed by atoms with van der Waals surface area (Å²) in [6, 6.07) is -1.45. The van der Waals surface area contributed by atoms with Crippen molar-refractivity contribution in [1.29, 1.82) is 0 Å². The number of nitrogens with two attached hydrogens (primary N) is 1. The Balaban J connectivity index is 4.37. The summed E-state index contributed by atoms with van der Waals surface area (Å²) < 4.78 is 0. The van der Waals surface area contributed by atoms with Gasteiger partial charge >= 0.3 is 5.97 Å². The molecule has 0 fully saturated rings. The van der Waals surface area contributed by atoms with Crippen LogP contribution < -0.4 is 5.73 Å². The molecular weight excluding hydrogens is 196 g/mol. The van der Waals surface area contributed by atoms with Crippen molar-refractivity contribution in [1.82, 2.24) is 4.90 Å². The molecule has 0 aromatic rings. The lowest BCUT2D eigenvalue weighted by molar-refractivity contribution is -0.148. The van der Waals surface area contributed by atoms with Crippen LogP contribution in [-0.2, 0) is 9.59 Å². The van der Waals surface area contributed by atoms with Gasteiger partial charge in [0, 0.05) is 7.05 Å². The zero-order valence-corrected chi connectivity index (χ0v) is 9.73. The summed E-state index contributed by atoms with van der Waals surface area (Å²) in [5.41, 5.74) is 5.67. The van der Waals surface area contributed by atoms with Gasteiger partial charge in [0.05, 0.1) is 6.04 Å². The topological polar surface area (TPSA) is 83.6 Å². The Morgan fingerprint density at radius 3 is 2.13 bits per heavy atom. The van der Waals surface area contributed by atoms with E-state index < -0.39 is 18.1 Å². The van der Waals surface area contributed by atoms with Crippen molar-refractivity contribution >= 4 is 11.9 Å². The number of carbonyl (C=O) groups excluding carboxylic acids is 1. The Hall–Kier alpha value is -1.10. The van der Waals surface area contributed by atoms with E-state index in [1.165, 1.54) is 18.9 Å². The third kappa shape index (κ3) is 4.29. The van der Waals surface area contributed by atoms with Crippen molar-refractivity contribution in [3.63, 3.8) is 0 Å². The molecule has 88 valence electrons. The van der Waals surface area contributed by atoms with Gasteiger partial charge in [-0.3, -0.25) is 4.79 Å². The van der Waals surface area contributed by atoms with E-state index in [1.807, 2.05) is 13.8 Å². The number of nitrogens with zero attached hydrogens (tertiary/aromatic N) is 1. The number of aliphatic carboxylic acids is 1. The van der Waals surface area contributed by atoms with Crippen LogP contribution in [0, 0.1) is 5.92 Å². The molecule has 2 atom stereocenters. The maximum absolute atomic E-state index is 11.7. The van der Waals surface area contributed by atoms with Gasteiger partial charge in [-0.15, -0.1) is 0 Å². The van der Waals surface area contributed by atoms with E-state index in [0.29, 0.717) is 12.3 Å². The molecule has 0 rings (SSSR count). The van der Waals surface area contributed by atoms with Crippen LogP contribution in [0.25, 0.3) is 0 Å². The molecule has 0 spiro atoms. The van der Waals surface area contributed by atoms with Gasteiger partial charge in [0.25, 0.3) is 0 Å². The second kappa shape index (κ2) is 5.70. The van der Waals surface area contributed by atoms with Gasteiger partial charge in [-0.25, -0.2) is 4.79 Å². The SMILES string of the molecule is CC(C)C[C@@H](N)C(=O)N(C)C(C)C(=O)O. The van der Waals surface area contributed by atoms with Gasteiger partial charge in [0.1, 0.15) is 6.04 Å². The number of amides is 1. The minimum absolute atomic E-state index is 0.317. The number of likely N-dealkylation sites (N-methyl/N-ethyl adjacent to an activating group) is 1. The fraction of sp³-hybridized carbons (Fsp3) is 0.800. The van der Waals surface area contributed by atoms with Gasteiger partial charge in [0.15, 0.2) is 0 Å². The summed E-state index contributed by atoms with van der Waals surface area (Å²) in [5.74, 6) is -1.03. The van der Waals surface area contributed by atoms with Gasteiger partial charge in [-0.2, -0.15) is 0 Å². The van der Waals surface area contributed by atoms with Gasteiger partial charge in [-0.1, -0.05) is 13.8 Å². The molecule has 0 aromatic heterocycles. The van der Waals surface area contributed by atoms with Crippen molar-refractivity contribution in [3.8, 4) is 0 Å². The highest BCUT2D eigenvalue weighted by atomic mass is 16.4. The number of carbonyl (C=O) groups is 2. The Morgan fingerprint density at radius 2 is 1.80 bits per heavy atom. The second-order valence-corrected chi connectivity index (χ2v) is 4.20. The molecular formula is C10H20N2O3. The smallest absolute Gasteiger partial charge is 0.326 e. The number of rotatable bonds is 5. The van der Waals surface area contributed by atoms with E-state index in [4.69, 9.17) is 10.8 Å². The Bertz CT molecular complexity index is 241. The molecule has 5 heteroatoms. The number of hydrogen-bond acceptors (Lipinski definition) is 3. The van der Waals surface area contributed by atoms with Crippen molar-refractivity contribution < 1.29 is 14.7 Å². The number of carboxylic acid groups (broad SMARTS) is 1. The first-order valence-electron chi connectivity index (χ1n) is 5.02. The molecule has 1 unspecified atom stereocenters. The van der Waals surface area contributed by atoms with Crippen LogP contribution in [-0.4, -0.2) is 41.0 Å². The van der Waals surface area contributed by atoms with Crippen LogP contribution in [0.1, 0.15) is 27.2 Å². The largest absolute Gasteiger partial charge is 0.480 e. The average molecular weight is 216 g/mol. The van der Waals surface area contributed by atoms with Gasteiger partial charge < -0.3 is 15.7 Å². The first kappa shape index (κ1) is 13.9. The molecule has 0 aliphatic heterocycles. The Kier molecular flexibility index (Phi) is 5.28. The minimum Gasteiger partial charge on any atom is -0.480 e. The highest BCUT2D eigenvalue weighted by Gasteiger charge is 2.26. The molecule has 0 saturated heterocycles. The maximum atomic E-state index is 11.7. The molecule has 0 aliphatic rings. The molecule has 0 heterocycles.